The summed E-state index contributed by atoms with van der Waals surface area (Å²) in [5.41, 5.74) is 0.845. The van der Waals surface area contributed by atoms with Crippen molar-refractivity contribution in [2.45, 2.75) is 6.61 Å². The summed E-state index contributed by atoms with van der Waals surface area (Å²) in [6, 6.07) is 19.9. The molecule has 3 aromatic rings. The first kappa shape index (κ1) is 12.5. The molecule has 0 aliphatic rings. The second-order valence-electron chi connectivity index (χ2n) is 4.44. The molecule has 0 spiro atoms. The van der Waals surface area contributed by atoms with E-state index in [1.54, 1.807) is 7.11 Å². The van der Waals surface area contributed by atoms with Gasteiger partial charge in [-0.25, -0.2) is 4.98 Å². The zero-order valence-corrected chi connectivity index (χ0v) is 11.2. The standard InChI is InChI=1S/C17H15NO2/c1-19-17-11-5-8-14(18-17)12-20-16-10-4-7-13-6-2-3-9-15(13)16/h2-11H,12H2,1H3. The molecule has 3 heteroatoms. The van der Waals surface area contributed by atoms with Crippen LogP contribution < -0.4 is 9.47 Å². The Hall–Kier alpha value is -2.55. The van der Waals surface area contributed by atoms with E-state index in [2.05, 4.69) is 23.2 Å². The van der Waals surface area contributed by atoms with Crippen LogP contribution in [-0.4, -0.2) is 12.1 Å². The number of nitrogens with zero attached hydrogens (tertiary/aromatic N) is 1. The van der Waals surface area contributed by atoms with E-state index >= 15 is 0 Å². The molecule has 0 N–H and O–H groups in total. The summed E-state index contributed by atoms with van der Waals surface area (Å²) in [5.74, 6) is 1.47. The molecule has 0 unspecified atom stereocenters. The third-order valence-corrected chi connectivity index (χ3v) is 3.12. The zero-order valence-electron chi connectivity index (χ0n) is 11.2. The summed E-state index contributed by atoms with van der Waals surface area (Å²) in [5, 5.41) is 2.28. The molecular formula is C17H15NO2. The fourth-order valence-electron chi connectivity index (χ4n) is 2.12. The van der Waals surface area contributed by atoms with Crippen LogP contribution in [0.1, 0.15) is 5.69 Å². The molecule has 0 aliphatic carbocycles. The van der Waals surface area contributed by atoms with Crippen LogP contribution in [0.2, 0.25) is 0 Å². The van der Waals surface area contributed by atoms with E-state index < -0.39 is 0 Å². The molecule has 1 heterocycles. The van der Waals surface area contributed by atoms with Crippen LogP contribution in [0, 0.1) is 0 Å². The Kier molecular flexibility index (Phi) is 3.50. The molecule has 0 amide bonds. The number of rotatable bonds is 4. The van der Waals surface area contributed by atoms with E-state index in [4.69, 9.17) is 9.47 Å². The molecule has 0 saturated carbocycles. The van der Waals surface area contributed by atoms with Crippen molar-refractivity contribution in [2.75, 3.05) is 7.11 Å². The van der Waals surface area contributed by atoms with Gasteiger partial charge in [-0.2, -0.15) is 0 Å². The SMILES string of the molecule is COc1cccc(COc2cccc3ccccc23)n1. The Bertz CT molecular complexity index is 720. The van der Waals surface area contributed by atoms with E-state index in [1.807, 2.05) is 42.5 Å². The Morgan fingerprint density at radius 2 is 1.70 bits per heavy atom. The first-order valence-electron chi connectivity index (χ1n) is 6.47. The summed E-state index contributed by atoms with van der Waals surface area (Å²) >= 11 is 0. The minimum atomic E-state index is 0.422. The molecule has 20 heavy (non-hydrogen) atoms. The number of pyridine rings is 1. The molecule has 2 aromatic carbocycles. The molecule has 3 nitrogen and oxygen atoms in total. The Morgan fingerprint density at radius 1 is 0.900 bits per heavy atom. The van der Waals surface area contributed by atoms with E-state index in [-0.39, 0.29) is 0 Å². The highest BCUT2D eigenvalue weighted by atomic mass is 16.5. The summed E-state index contributed by atoms with van der Waals surface area (Å²) in [6.07, 6.45) is 0. The van der Waals surface area contributed by atoms with E-state index in [0.717, 1.165) is 16.8 Å². The molecule has 100 valence electrons. The average Bonchev–Trinajstić information content (AvgIpc) is 2.53. The fourth-order valence-corrected chi connectivity index (χ4v) is 2.12. The van der Waals surface area contributed by atoms with E-state index in [0.29, 0.717) is 12.5 Å². The smallest absolute Gasteiger partial charge is 0.213 e. The number of aromatic nitrogens is 1. The van der Waals surface area contributed by atoms with Crippen molar-refractivity contribution in [3.8, 4) is 11.6 Å². The monoisotopic (exact) mass is 265 g/mol. The van der Waals surface area contributed by atoms with Gasteiger partial charge in [0.15, 0.2) is 0 Å². The molecule has 0 fully saturated rings. The number of hydrogen-bond donors (Lipinski definition) is 0. The van der Waals surface area contributed by atoms with Gasteiger partial charge in [-0.3, -0.25) is 0 Å². The summed E-state index contributed by atoms with van der Waals surface area (Å²) in [4.78, 5) is 4.34. The first-order valence-corrected chi connectivity index (χ1v) is 6.47. The van der Waals surface area contributed by atoms with Gasteiger partial charge in [-0.05, 0) is 17.5 Å². The minimum absolute atomic E-state index is 0.422. The van der Waals surface area contributed by atoms with Gasteiger partial charge in [0.25, 0.3) is 0 Å². The summed E-state index contributed by atoms with van der Waals surface area (Å²) in [7, 11) is 1.61. The molecule has 0 atom stereocenters. The third kappa shape index (κ3) is 2.57. The number of benzene rings is 2. The lowest BCUT2D eigenvalue weighted by Crippen LogP contribution is -1.99. The van der Waals surface area contributed by atoms with Crippen molar-refractivity contribution in [1.29, 1.82) is 0 Å². The van der Waals surface area contributed by atoms with E-state index in [1.165, 1.54) is 5.39 Å². The van der Waals surface area contributed by atoms with Crippen molar-refractivity contribution >= 4 is 10.8 Å². The summed E-state index contributed by atoms with van der Waals surface area (Å²) in [6.45, 7) is 0.422. The average molecular weight is 265 g/mol. The molecule has 1 aromatic heterocycles. The summed E-state index contributed by atoms with van der Waals surface area (Å²) < 4.78 is 11.0. The van der Waals surface area contributed by atoms with Crippen molar-refractivity contribution < 1.29 is 9.47 Å². The van der Waals surface area contributed by atoms with Gasteiger partial charge in [0.2, 0.25) is 5.88 Å². The van der Waals surface area contributed by atoms with Crippen molar-refractivity contribution in [3.05, 3.63) is 66.4 Å². The van der Waals surface area contributed by atoms with Crippen molar-refractivity contribution in [1.82, 2.24) is 4.98 Å². The molecular weight excluding hydrogens is 250 g/mol. The normalized spacial score (nSPS) is 10.4. The molecule has 0 saturated heterocycles. The van der Waals surface area contributed by atoms with Crippen LogP contribution in [0.5, 0.6) is 11.6 Å². The van der Waals surface area contributed by atoms with Gasteiger partial charge in [0.1, 0.15) is 12.4 Å². The Morgan fingerprint density at radius 3 is 2.60 bits per heavy atom. The Labute approximate surface area is 117 Å². The maximum absolute atomic E-state index is 5.89. The Balaban J connectivity index is 1.83. The zero-order chi connectivity index (χ0) is 13.8. The van der Waals surface area contributed by atoms with Crippen LogP contribution in [-0.2, 0) is 6.61 Å². The van der Waals surface area contributed by atoms with E-state index in [9.17, 15) is 0 Å². The molecule has 0 bridgehead atoms. The quantitative estimate of drug-likeness (QED) is 0.718. The van der Waals surface area contributed by atoms with Crippen LogP contribution in [0.25, 0.3) is 10.8 Å². The van der Waals surface area contributed by atoms with Gasteiger partial charge in [0.05, 0.1) is 12.8 Å². The molecule has 0 radical (unpaired) electrons. The van der Waals surface area contributed by atoms with Crippen LogP contribution in [0.3, 0.4) is 0 Å². The van der Waals surface area contributed by atoms with Crippen LogP contribution >= 0.6 is 0 Å². The molecule has 3 rings (SSSR count). The number of ether oxygens (including phenoxy) is 2. The van der Waals surface area contributed by atoms with Crippen LogP contribution in [0.15, 0.2) is 60.7 Å². The van der Waals surface area contributed by atoms with Gasteiger partial charge in [0, 0.05) is 11.5 Å². The number of hydrogen-bond acceptors (Lipinski definition) is 3. The second kappa shape index (κ2) is 5.61. The second-order valence-corrected chi connectivity index (χ2v) is 4.44. The highest BCUT2D eigenvalue weighted by molar-refractivity contribution is 5.88. The first-order chi connectivity index (χ1) is 9.86. The lowest BCUT2D eigenvalue weighted by molar-refractivity contribution is 0.301. The number of fused-ring (bicyclic) bond motifs is 1. The predicted octanol–water partition coefficient (Wildman–Crippen LogP) is 3.82. The lowest BCUT2D eigenvalue weighted by atomic mass is 10.1. The maximum Gasteiger partial charge on any atom is 0.213 e. The fraction of sp³-hybridized carbons (Fsp3) is 0.118. The van der Waals surface area contributed by atoms with Gasteiger partial charge in [-0.1, -0.05) is 42.5 Å². The third-order valence-electron chi connectivity index (χ3n) is 3.12. The predicted molar refractivity (Wildman–Crippen MR) is 79.1 cm³/mol. The van der Waals surface area contributed by atoms with Crippen molar-refractivity contribution in [2.24, 2.45) is 0 Å². The molecule has 0 aliphatic heterocycles. The number of methoxy groups -OCH3 is 1. The van der Waals surface area contributed by atoms with Gasteiger partial charge >= 0.3 is 0 Å². The largest absolute Gasteiger partial charge is 0.487 e. The maximum atomic E-state index is 5.89. The van der Waals surface area contributed by atoms with Crippen molar-refractivity contribution in [3.63, 3.8) is 0 Å². The topological polar surface area (TPSA) is 31.4 Å². The lowest BCUT2D eigenvalue weighted by Gasteiger charge is -2.09. The van der Waals surface area contributed by atoms with Gasteiger partial charge < -0.3 is 9.47 Å². The minimum Gasteiger partial charge on any atom is -0.487 e. The highest BCUT2D eigenvalue weighted by Gasteiger charge is 2.03. The van der Waals surface area contributed by atoms with Crippen LogP contribution in [0.4, 0.5) is 0 Å². The van der Waals surface area contributed by atoms with Gasteiger partial charge in [-0.15, -0.1) is 0 Å². The highest BCUT2D eigenvalue weighted by Crippen LogP contribution is 2.25.